The van der Waals surface area contributed by atoms with E-state index in [9.17, 15) is 14.0 Å². The molecule has 1 aromatic heterocycles. The molecule has 2 heterocycles. The Morgan fingerprint density at radius 1 is 1.00 bits per heavy atom. The molecular weight excluding hydrogens is 459 g/mol. The van der Waals surface area contributed by atoms with Crippen LogP contribution in [0, 0.1) is 11.7 Å². The van der Waals surface area contributed by atoms with Crippen LogP contribution in [0.5, 0.6) is 0 Å². The monoisotopic (exact) mass is 482 g/mol. The SMILES string of the molecule is O=C(c1ccc(F)cc1)N1CCC(C(=O)N(Cc2nnc(-c3ccc(Cl)cc3)o2)C2CC2)CC1. The number of hydrogen-bond acceptors (Lipinski definition) is 5. The third-order valence-electron chi connectivity index (χ3n) is 6.36. The summed E-state index contributed by atoms with van der Waals surface area (Å²) in [4.78, 5) is 29.6. The van der Waals surface area contributed by atoms with Gasteiger partial charge in [-0.1, -0.05) is 11.6 Å². The maximum Gasteiger partial charge on any atom is 0.253 e. The van der Waals surface area contributed by atoms with E-state index >= 15 is 0 Å². The predicted octanol–water partition coefficient (Wildman–Crippen LogP) is 4.57. The summed E-state index contributed by atoms with van der Waals surface area (Å²) in [6.07, 6.45) is 3.11. The van der Waals surface area contributed by atoms with Crippen LogP contribution < -0.4 is 0 Å². The molecule has 176 valence electrons. The summed E-state index contributed by atoms with van der Waals surface area (Å²) in [7, 11) is 0. The fourth-order valence-corrected chi connectivity index (χ4v) is 4.41. The van der Waals surface area contributed by atoms with E-state index in [1.807, 2.05) is 17.0 Å². The predicted molar refractivity (Wildman–Crippen MR) is 123 cm³/mol. The Bertz CT molecular complexity index is 1170. The first-order valence-corrected chi connectivity index (χ1v) is 11.8. The zero-order valence-corrected chi connectivity index (χ0v) is 19.2. The van der Waals surface area contributed by atoms with Gasteiger partial charge in [0, 0.05) is 41.2 Å². The first-order chi connectivity index (χ1) is 16.5. The Balaban J connectivity index is 1.21. The minimum atomic E-state index is -0.373. The smallest absolute Gasteiger partial charge is 0.253 e. The molecule has 1 saturated carbocycles. The summed E-state index contributed by atoms with van der Waals surface area (Å²) in [5.74, 6) is 0.198. The van der Waals surface area contributed by atoms with Gasteiger partial charge in [-0.05, 0) is 74.2 Å². The van der Waals surface area contributed by atoms with Crippen molar-refractivity contribution in [3.8, 4) is 11.5 Å². The number of benzene rings is 2. The molecule has 0 unspecified atom stereocenters. The van der Waals surface area contributed by atoms with Crippen LogP contribution in [0.1, 0.15) is 41.9 Å². The highest BCUT2D eigenvalue weighted by Crippen LogP contribution is 2.32. The molecule has 2 fully saturated rings. The lowest BCUT2D eigenvalue weighted by Crippen LogP contribution is -2.45. The Labute approximate surface area is 201 Å². The van der Waals surface area contributed by atoms with Gasteiger partial charge in [-0.15, -0.1) is 10.2 Å². The van der Waals surface area contributed by atoms with E-state index in [-0.39, 0.29) is 36.1 Å². The second-order valence-corrected chi connectivity index (χ2v) is 9.21. The fraction of sp³-hybridized carbons (Fsp3) is 0.360. The van der Waals surface area contributed by atoms with Crippen LogP contribution in [-0.4, -0.2) is 50.9 Å². The molecule has 0 N–H and O–H groups in total. The average molecular weight is 483 g/mol. The van der Waals surface area contributed by atoms with E-state index < -0.39 is 0 Å². The lowest BCUT2D eigenvalue weighted by atomic mass is 9.94. The molecule has 7 nitrogen and oxygen atoms in total. The molecular formula is C25H24ClFN4O3. The quantitative estimate of drug-likeness (QED) is 0.514. The zero-order valence-electron chi connectivity index (χ0n) is 18.5. The van der Waals surface area contributed by atoms with Crippen molar-refractivity contribution in [2.75, 3.05) is 13.1 Å². The summed E-state index contributed by atoms with van der Waals surface area (Å²) >= 11 is 5.94. The third-order valence-corrected chi connectivity index (χ3v) is 6.61. The fourth-order valence-electron chi connectivity index (χ4n) is 4.28. The Kier molecular flexibility index (Phi) is 6.32. The second kappa shape index (κ2) is 9.54. The molecule has 0 atom stereocenters. The highest BCUT2D eigenvalue weighted by molar-refractivity contribution is 6.30. The van der Waals surface area contributed by atoms with Crippen molar-refractivity contribution in [3.05, 3.63) is 70.8 Å². The zero-order chi connectivity index (χ0) is 23.7. The van der Waals surface area contributed by atoms with E-state index in [1.165, 1.54) is 24.3 Å². The summed E-state index contributed by atoms with van der Waals surface area (Å²) in [6, 6.07) is 12.9. The molecule has 3 aromatic rings. The number of hydrogen-bond donors (Lipinski definition) is 0. The average Bonchev–Trinajstić information content (AvgIpc) is 3.60. The van der Waals surface area contributed by atoms with Gasteiger partial charge in [0.15, 0.2) is 0 Å². The van der Waals surface area contributed by atoms with Crippen molar-refractivity contribution in [1.29, 1.82) is 0 Å². The summed E-state index contributed by atoms with van der Waals surface area (Å²) < 4.78 is 19.0. The van der Waals surface area contributed by atoms with Gasteiger partial charge in [0.2, 0.25) is 17.7 Å². The molecule has 1 aliphatic carbocycles. The minimum absolute atomic E-state index is 0.0719. The van der Waals surface area contributed by atoms with Crippen LogP contribution in [0.4, 0.5) is 4.39 Å². The molecule has 34 heavy (non-hydrogen) atoms. The Hall–Kier alpha value is -3.26. The van der Waals surface area contributed by atoms with E-state index in [0.29, 0.717) is 48.3 Å². The number of aromatic nitrogens is 2. The number of nitrogens with zero attached hydrogens (tertiary/aromatic N) is 4. The summed E-state index contributed by atoms with van der Waals surface area (Å²) in [5.41, 5.74) is 1.23. The van der Waals surface area contributed by atoms with Crippen LogP contribution in [0.25, 0.3) is 11.5 Å². The van der Waals surface area contributed by atoms with Crippen molar-refractivity contribution in [1.82, 2.24) is 20.0 Å². The first kappa shape index (κ1) is 22.5. The van der Waals surface area contributed by atoms with Crippen LogP contribution in [-0.2, 0) is 11.3 Å². The van der Waals surface area contributed by atoms with E-state index in [2.05, 4.69) is 10.2 Å². The maximum atomic E-state index is 13.4. The van der Waals surface area contributed by atoms with Gasteiger partial charge in [-0.25, -0.2) is 4.39 Å². The highest BCUT2D eigenvalue weighted by atomic mass is 35.5. The molecule has 0 radical (unpaired) electrons. The molecule has 5 rings (SSSR count). The van der Waals surface area contributed by atoms with Gasteiger partial charge in [-0.3, -0.25) is 9.59 Å². The molecule has 0 spiro atoms. The largest absolute Gasteiger partial charge is 0.419 e. The van der Waals surface area contributed by atoms with Gasteiger partial charge < -0.3 is 14.2 Å². The van der Waals surface area contributed by atoms with Crippen molar-refractivity contribution in [2.45, 2.75) is 38.3 Å². The Morgan fingerprint density at radius 2 is 1.68 bits per heavy atom. The number of piperidine rings is 1. The topological polar surface area (TPSA) is 79.5 Å². The van der Waals surface area contributed by atoms with Gasteiger partial charge in [0.25, 0.3) is 5.91 Å². The number of carbonyl (C=O) groups excluding carboxylic acids is 2. The summed E-state index contributed by atoms with van der Waals surface area (Å²) in [6.45, 7) is 1.26. The molecule has 1 saturated heterocycles. The van der Waals surface area contributed by atoms with Gasteiger partial charge in [0.05, 0.1) is 6.54 Å². The van der Waals surface area contributed by atoms with Gasteiger partial charge in [-0.2, -0.15) is 0 Å². The number of carbonyl (C=O) groups is 2. The summed E-state index contributed by atoms with van der Waals surface area (Å²) in [5, 5.41) is 8.89. The van der Waals surface area contributed by atoms with Crippen molar-refractivity contribution >= 4 is 23.4 Å². The lowest BCUT2D eigenvalue weighted by molar-refractivity contribution is -0.138. The third kappa shape index (κ3) is 4.97. The van der Waals surface area contributed by atoms with Crippen molar-refractivity contribution < 1.29 is 18.4 Å². The van der Waals surface area contributed by atoms with Crippen molar-refractivity contribution in [2.24, 2.45) is 5.92 Å². The number of likely N-dealkylation sites (tertiary alicyclic amines) is 1. The lowest BCUT2D eigenvalue weighted by Gasteiger charge is -2.34. The van der Waals surface area contributed by atoms with E-state index in [4.69, 9.17) is 16.0 Å². The molecule has 2 amide bonds. The van der Waals surface area contributed by atoms with Crippen LogP contribution in [0.2, 0.25) is 5.02 Å². The standard InChI is InChI=1S/C25H24ClFN4O3/c26-19-5-1-16(2-6-19)23-29-28-22(34-23)15-31(21-9-10-21)25(33)18-11-13-30(14-12-18)24(32)17-3-7-20(27)8-4-17/h1-8,18,21H,9-15H2. The van der Waals surface area contributed by atoms with E-state index in [1.54, 1.807) is 17.0 Å². The second-order valence-electron chi connectivity index (χ2n) is 8.78. The van der Waals surface area contributed by atoms with Crippen LogP contribution in [0.15, 0.2) is 52.9 Å². The number of amides is 2. The first-order valence-electron chi connectivity index (χ1n) is 11.4. The number of halogens is 2. The van der Waals surface area contributed by atoms with Crippen molar-refractivity contribution in [3.63, 3.8) is 0 Å². The molecule has 9 heteroatoms. The van der Waals surface area contributed by atoms with Crippen LogP contribution in [0.3, 0.4) is 0 Å². The molecule has 2 aromatic carbocycles. The number of rotatable bonds is 6. The minimum Gasteiger partial charge on any atom is -0.419 e. The molecule has 2 aliphatic rings. The Morgan fingerprint density at radius 3 is 2.32 bits per heavy atom. The van der Waals surface area contributed by atoms with Crippen LogP contribution >= 0.6 is 11.6 Å². The van der Waals surface area contributed by atoms with E-state index in [0.717, 1.165) is 18.4 Å². The molecule has 0 bridgehead atoms. The highest BCUT2D eigenvalue weighted by Gasteiger charge is 2.38. The van der Waals surface area contributed by atoms with Gasteiger partial charge >= 0.3 is 0 Å². The maximum absolute atomic E-state index is 13.4. The molecule has 1 aliphatic heterocycles. The van der Waals surface area contributed by atoms with Gasteiger partial charge in [0.1, 0.15) is 5.82 Å². The normalized spacial score (nSPS) is 16.5.